The van der Waals surface area contributed by atoms with E-state index in [-0.39, 0.29) is 0 Å². The van der Waals surface area contributed by atoms with Crippen molar-refractivity contribution in [1.82, 2.24) is 0 Å². The molecule has 0 spiro atoms. The molecule has 1 unspecified atom stereocenters. The third-order valence-corrected chi connectivity index (χ3v) is 14.7. The molecule has 0 N–H and O–H groups in total. The summed E-state index contributed by atoms with van der Waals surface area (Å²) in [6.07, 6.45) is 0. The quantitative estimate of drug-likeness (QED) is 0.573. The fourth-order valence-corrected chi connectivity index (χ4v) is 22.3. The summed E-state index contributed by atoms with van der Waals surface area (Å²) >= 11 is 3.46. The Kier molecular flexibility index (Phi) is 4.65. The van der Waals surface area contributed by atoms with Crippen LogP contribution >= 0.6 is 0 Å². The zero-order valence-corrected chi connectivity index (χ0v) is 15.7. The molecule has 0 saturated carbocycles. The average molecular weight is 306 g/mol. The van der Waals surface area contributed by atoms with E-state index in [1.807, 2.05) is 0 Å². The Morgan fingerprint density at radius 3 is 0.875 bits per heavy atom. The molecule has 1 atom stereocenters. The van der Waals surface area contributed by atoms with Crippen LogP contribution in [0.15, 0.2) is 0 Å². The molecular formula is C14H31SeSi. The van der Waals surface area contributed by atoms with E-state index in [1.54, 1.807) is 0 Å². The van der Waals surface area contributed by atoms with Gasteiger partial charge >= 0.3 is 113 Å². The van der Waals surface area contributed by atoms with Gasteiger partial charge in [-0.15, -0.1) is 0 Å². The second-order valence-corrected chi connectivity index (χ2v) is 17.6. The molecule has 0 bridgehead atoms. The van der Waals surface area contributed by atoms with Gasteiger partial charge in [-0.1, -0.05) is 0 Å². The third kappa shape index (κ3) is 2.44. The molecule has 0 nitrogen and oxygen atoms in total. The molecule has 0 heterocycles. The van der Waals surface area contributed by atoms with E-state index < -0.39 is 8.07 Å². The van der Waals surface area contributed by atoms with E-state index in [9.17, 15) is 0 Å². The Labute approximate surface area is 113 Å². The van der Waals surface area contributed by atoms with Gasteiger partial charge in [0.25, 0.3) is 0 Å². The van der Waals surface area contributed by atoms with Gasteiger partial charge in [0.2, 0.25) is 0 Å². The maximum absolute atomic E-state index is 3.46. The molecule has 0 rings (SSSR count). The first kappa shape index (κ1) is 16.7. The van der Waals surface area contributed by atoms with Crippen LogP contribution in [0.3, 0.4) is 0 Å². The van der Waals surface area contributed by atoms with Crippen molar-refractivity contribution in [2.75, 3.05) is 0 Å². The van der Waals surface area contributed by atoms with E-state index in [0.29, 0.717) is 19.6 Å². The predicted molar refractivity (Wildman–Crippen MR) is 80.1 cm³/mol. The summed E-state index contributed by atoms with van der Waals surface area (Å²) in [5, 5.41) is 1.23. The van der Waals surface area contributed by atoms with Gasteiger partial charge in [-0.3, -0.25) is 0 Å². The first-order valence-corrected chi connectivity index (χ1v) is 9.42. The van der Waals surface area contributed by atoms with Gasteiger partial charge in [-0.25, -0.2) is 0 Å². The fourth-order valence-electron chi connectivity index (χ4n) is 5.20. The SMILES string of the molecule is CC([Se])[Si](C(C)(C)C)(C(C)(C)C)C(C)(C)C. The van der Waals surface area contributed by atoms with Gasteiger partial charge in [-0.05, 0) is 0 Å². The normalized spacial score (nSPS) is 17.4. The number of hydrogen-bond donors (Lipinski definition) is 0. The first-order valence-electron chi connectivity index (χ1n) is 6.35. The van der Waals surface area contributed by atoms with Crippen molar-refractivity contribution in [3.8, 4) is 0 Å². The predicted octanol–water partition coefficient (Wildman–Crippen LogP) is 5.35. The van der Waals surface area contributed by atoms with E-state index >= 15 is 0 Å². The molecule has 0 saturated heterocycles. The van der Waals surface area contributed by atoms with Crippen LogP contribution in [0.4, 0.5) is 0 Å². The Hall–Kier alpha value is 0.736. The van der Waals surface area contributed by atoms with Crippen molar-refractivity contribution in [2.45, 2.75) is 88.8 Å². The maximum atomic E-state index is 3.46. The molecule has 2 heteroatoms. The van der Waals surface area contributed by atoms with Crippen molar-refractivity contribution >= 4 is 24.1 Å². The van der Waals surface area contributed by atoms with Gasteiger partial charge in [0.15, 0.2) is 0 Å². The molecule has 0 aliphatic carbocycles. The topological polar surface area (TPSA) is 0 Å². The van der Waals surface area contributed by atoms with Crippen LogP contribution in [0.1, 0.15) is 69.2 Å². The molecule has 0 amide bonds. The molecule has 0 fully saturated rings. The van der Waals surface area contributed by atoms with Crippen LogP contribution in [0, 0.1) is 0 Å². The molecule has 0 aromatic heterocycles. The van der Waals surface area contributed by atoms with Crippen molar-refractivity contribution in [3.63, 3.8) is 0 Å². The zero-order chi connectivity index (χ0) is 13.6. The number of rotatable bonds is 1. The summed E-state index contributed by atoms with van der Waals surface area (Å²) in [5.74, 6) is 0. The molecule has 16 heavy (non-hydrogen) atoms. The minimum absolute atomic E-state index is 0.411. The van der Waals surface area contributed by atoms with Gasteiger partial charge in [0.05, 0.1) is 0 Å². The molecule has 1 radical (unpaired) electrons. The van der Waals surface area contributed by atoms with Crippen LogP contribution in [0.2, 0.25) is 19.6 Å². The summed E-state index contributed by atoms with van der Waals surface area (Å²) in [6.45, 7) is 24.4. The third-order valence-electron chi connectivity index (χ3n) is 4.16. The second kappa shape index (κ2) is 4.44. The number of hydrogen-bond acceptors (Lipinski definition) is 0. The van der Waals surface area contributed by atoms with E-state index in [2.05, 4.69) is 85.3 Å². The van der Waals surface area contributed by atoms with Crippen molar-refractivity contribution < 1.29 is 0 Å². The Balaban J connectivity index is 6.05. The van der Waals surface area contributed by atoms with Crippen LogP contribution in [-0.2, 0) is 0 Å². The molecule has 0 aromatic rings. The zero-order valence-electron chi connectivity index (χ0n) is 13.0. The second-order valence-electron chi connectivity index (χ2n) is 8.20. The average Bonchev–Trinajstić information content (AvgIpc) is 1.71. The summed E-state index contributed by atoms with van der Waals surface area (Å²) in [6, 6.07) is 0. The van der Waals surface area contributed by atoms with Gasteiger partial charge in [-0.2, -0.15) is 0 Å². The monoisotopic (exact) mass is 307 g/mol. The standard InChI is InChI=1S/C14H31SeSi/c1-11(15)16(12(2,3)4,13(5,6)7)14(8,9)10/h11H,1-10H3. The van der Waals surface area contributed by atoms with Gasteiger partial charge < -0.3 is 0 Å². The van der Waals surface area contributed by atoms with Crippen LogP contribution in [-0.4, -0.2) is 24.1 Å². The molecular weight excluding hydrogens is 275 g/mol. The Morgan fingerprint density at radius 2 is 0.875 bits per heavy atom. The Morgan fingerprint density at radius 1 is 0.688 bits per heavy atom. The van der Waals surface area contributed by atoms with Crippen molar-refractivity contribution in [2.24, 2.45) is 0 Å². The van der Waals surface area contributed by atoms with Gasteiger partial charge in [0, 0.05) is 0 Å². The van der Waals surface area contributed by atoms with Crippen LogP contribution in [0.25, 0.3) is 0 Å². The summed E-state index contributed by atoms with van der Waals surface area (Å²) in [5.41, 5.74) is 0. The van der Waals surface area contributed by atoms with E-state index in [0.717, 1.165) is 0 Å². The summed E-state index contributed by atoms with van der Waals surface area (Å²) in [4.78, 5) is 0. The first-order chi connectivity index (χ1) is 6.69. The van der Waals surface area contributed by atoms with E-state index in [1.165, 1.54) is 0 Å². The van der Waals surface area contributed by atoms with Crippen molar-refractivity contribution in [3.05, 3.63) is 0 Å². The van der Waals surface area contributed by atoms with Crippen LogP contribution < -0.4 is 0 Å². The van der Waals surface area contributed by atoms with Gasteiger partial charge in [0.1, 0.15) is 0 Å². The van der Waals surface area contributed by atoms with Crippen molar-refractivity contribution in [1.29, 1.82) is 0 Å². The molecule has 97 valence electrons. The Bertz CT molecular complexity index is 199. The molecule has 0 aromatic carbocycles. The molecule has 0 aliphatic rings. The minimum atomic E-state index is -1.53. The van der Waals surface area contributed by atoms with Crippen LogP contribution in [0.5, 0.6) is 0 Å². The fraction of sp³-hybridized carbons (Fsp3) is 1.00. The van der Waals surface area contributed by atoms with E-state index in [4.69, 9.17) is 0 Å². The summed E-state index contributed by atoms with van der Waals surface area (Å²) < 4.78 is 0.687. The summed E-state index contributed by atoms with van der Waals surface area (Å²) in [7, 11) is -1.53. The molecule has 0 aliphatic heterocycles.